The van der Waals surface area contributed by atoms with Crippen molar-refractivity contribution in [1.29, 1.82) is 0 Å². The topological polar surface area (TPSA) is 84.0 Å². The van der Waals surface area contributed by atoms with Crippen molar-refractivity contribution in [1.82, 2.24) is 9.88 Å². The second-order valence-electron chi connectivity index (χ2n) is 5.51. The van der Waals surface area contributed by atoms with E-state index in [0.29, 0.717) is 18.1 Å². The zero-order valence-electron chi connectivity index (χ0n) is 12.7. The van der Waals surface area contributed by atoms with Gasteiger partial charge in [-0.25, -0.2) is 14.8 Å². The molecular formula is C15H21N5O2. The summed E-state index contributed by atoms with van der Waals surface area (Å²) in [5.41, 5.74) is 6.42. The van der Waals surface area contributed by atoms with Crippen molar-refractivity contribution in [2.45, 2.75) is 19.4 Å². The Hall–Kier alpha value is -2.31. The van der Waals surface area contributed by atoms with Crippen molar-refractivity contribution in [2.24, 2.45) is 10.7 Å². The van der Waals surface area contributed by atoms with Gasteiger partial charge in [-0.3, -0.25) is 0 Å². The highest BCUT2D eigenvalue weighted by Crippen LogP contribution is 2.21. The summed E-state index contributed by atoms with van der Waals surface area (Å²) < 4.78 is 4.94. The number of aromatic nitrogens is 1. The maximum Gasteiger partial charge on any atom is 0.339 e. The molecule has 7 nitrogen and oxygen atoms in total. The molecule has 2 aliphatic rings. The van der Waals surface area contributed by atoms with E-state index in [1.165, 1.54) is 6.42 Å². The Bertz CT molecular complexity index is 562. The van der Waals surface area contributed by atoms with Crippen LogP contribution in [0.4, 0.5) is 5.82 Å². The Kier molecular flexibility index (Phi) is 4.13. The van der Waals surface area contributed by atoms with Crippen molar-refractivity contribution >= 4 is 17.7 Å². The van der Waals surface area contributed by atoms with Crippen molar-refractivity contribution in [3.05, 3.63) is 23.9 Å². The molecule has 0 radical (unpaired) electrons. The molecule has 0 bridgehead atoms. The third-order valence-corrected chi connectivity index (χ3v) is 3.94. The van der Waals surface area contributed by atoms with Crippen molar-refractivity contribution in [3.63, 3.8) is 0 Å². The van der Waals surface area contributed by atoms with Gasteiger partial charge in [0.25, 0.3) is 0 Å². The van der Waals surface area contributed by atoms with Crippen LogP contribution in [0.2, 0.25) is 0 Å². The van der Waals surface area contributed by atoms with E-state index in [9.17, 15) is 4.79 Å². The van der Waals surface area contributed by atoms with Gasteiger partial charge in [0.15, 0.2) is 5.96 Å². The molecule has 3 heterocycles. The first-order valence-corrected chi connectivity index (χ1v) is 7.63. The molecule has 2 N–H and O–H groups in total. The van der Waals surface area contributed by atoms with Crippen molar-refractivity contribution in [2.75, 3.05) is 37.7 Å². The van der Waals surface area contributed by atoms with Gasteiger partial charge >= 0.3 is 5.97 Å². The number of pyridine rings is 1. The molecule has 0 spiro atoms. The predicted molar refractivity (Wildman–Crippen MR) is 84.0 cm³/mol. The second-order valence-corrected chi connectivity index (χ2v) is 5.51. The van der Waals surface area contributed by atoms with Gasteiger partial charge in [0.05, 0.1) is 18.2 Å². The first-order chi connectivity index (χ1) is 10.7. The lowest BCUT2D eigenvalue weighted by Gasteiger charge is -2.39. The molecule has 0 aliphatic carbocycles. The standard InChI is InChI=1S/C15H21N5O2/c1-2-22-14(21)11-4-5-13(17-8-11)20-9-12(10-20)18-15(16)19-6-3-7-19/h4-5,8,12H,2-3,6-7,9-10H2,1H3,(H2,16,18). The van der Waals surface area contributed by atoms with Crippen LogP contribution in [0.25, 0.3) is 0 Å². The Morgan fingerprint density at radius 1 is 1.45 bits per heavy atom. The summed E-state index contributed by atoms with van der Waals surface area (Å²) in [6, 6.07) is 3.81. The largest absolute Gasteiger partial charge is 0.462 e. The van der Waals surface area contributed by atoms with E-state index in [0.717, 1.165) is 32.0 Å². The van der Waals surface area contributed by atoms with Gasteiger partial charge < -0.3 is 20.3 Å². The maximum atomic E-state index is 11.6. The normalized spacial score (nSPS) is 18.7. The third kappa shape index (κ3) is 2.98. The van der Waals surface area contributed by atoms with Crippen LogP contribution in [-0.2, 0) is 4.74 Å². The summed E-state index contributed by atoms with van der Waals surface area (Å²) in [4.78, 5) is 24.6. The predicted octanol–water partition coefficient (Wildman–Crippen LogP) is 0.467. The fourth-order valence-corrected chi connectivity index (χ4v) is 2.45. The number of nitrogens with zero attached hydrogens (tertiary/aromatic N) is 4. The molecule has 118 valence electrons. The number of carbonyl (C=O) groups excluding carboxylic acids is 1. The molecule has 0 aromatic carbocycles. The molecule has 0 atom stereocenters. The average molecular weight is 303 g/mol. The number of anilines is 1. The minimum atomic E-state index is -0.338. The number of esters is 1. The summed E-state index contributed by atoms with van der Waals surface area (Å²) >= 11 is 0. The molecule has 22 heavy (non-hydrogen) atoms. The lowest BCUT2D eigenvalue weighted by Crippen LogP contribution is -2.53. The van der Waals surface area contributed by atoms with Crippen LogP contribution in [0, 0.1) is 0 Å². The quantitative estimate of drug-likeness (QED) is 0.494. The van der Waals surface area contributed by atoms with Crippen LogP contribution in [0.3, 0.4) is 0 Å². The van der Waals surface area contributed by atoms with E-state index in [1.54, 1.807) is 19.2 Å². The molecule has 0 amide bonds. The molecule has 3 rings (SSSR count). The summed E-state index contributed by atoms with van der Waals surface area (Å²) in [6.07, 6.45) is 2.75. The van der Waals surface area contributed by atoms with Gasteiger partial charge in [-0.15, -0.1) is 0 Å². The second kappa shape index (κ2) is 6.21. The Balaban J connectivity index is 1.53. The zero-order valence-corrected chi connectivity index (χ0v) is 12.7. The van der Waals surface area contributed by atoms with Crippen LogP contribution < -0.4 is 10.6 Å². The molecule has 2 fully saturated rings. The highest BCUT2D eigenvalue weighted by atomic mass is 16.5. The fraction of sp³-hybridized carbons (Fsp3) is 0.533. The molecule has 1 aromatic rings. The van der Waals surface area contributed by atoms with Crippen LogP contribution in [0.15, 0.2) is 23.3 Å². The van der Waals surface area contributed by atoms with Crippen LogP contribution >= 0.6 is 0 Å². The molecule has 7 heteroatoms. The summed E-state index contributed by atoms with van der Waals surface area (Å²) in [5.74, 6) is 1.17. The van der Waals surface area contributed by atoms with E-state index in [1.807, 2.05) is 6.07 Å². The van der Waals surface area contributed by atoms with E-state index in [4.69, 9.17) is 10.5 Å². The highest BCUT2D eigenvalue weighted by molar-refractivity contribution is 5.89. The van der Waals surface area contributed by atoms with Gasteiger partial charge in [-0.05, 0) is 25.5 Å². The third-order valence-electron chi connectivity index (χ3n) is 3.94. The van der Waals surface area contributed by atoms with Crippen molar-refractivity contribution < 1.29 is 9.53 Å². The number of rotatable bonds is 4. The number of hydrogen-bond donors (Lipinski definition) is 1. The number of aliphatic imine (C=N–C) groups is 1. The number of ether oxygens (including phenoxy) is 1. The summed E-state index contributed by atoms with van der Waals surface area (Å²) in [7, 11) is 0. The summed E-state index contributed by atoms with van der Waals surface area (Å²) in [5, 5.41) is 0. The minimum absolute atomic E-state index is 0.229. The summed E-state index contributed by atoms with van der Waals surface area (Å²) in [6.45, 7) is 5.79. The first kappa shape index (κ1) is 14.6. The molecule has 0 unspecified atom stereocenters. The first-order valence-electron chi connectivity index (χ1n) is 7.63. The van der Waals surface area contributed by atoms with E-state index in [2.05, 4.69) is 19.8 Å². The number of likely N-dealkylation sites (tertiary alicyclic amines) is 1. The van der Waals surface area contributed by atoms with Crippen molar-refractivity contribution in [3.8, 4) is 0 Å². The van der Waals surface area contributed by atoms with Gasteiger partial charge in [-0.1, -0.05) is 0 Å². The van der Waals surface area contributed by atoms with E-state index < -0.39 is 0 Å². The van der Waals surface area contributed by atoms with Crippen LogP contribution in [0.5, 0.6) is 0 Å². The molecule has 0 saturated carbocycles. The monoisotopic (exact) mass is 303 g/mol. The lowest BCUT2D eigenvalue weighted by atomic mass is 10.1. The number of hydrogen-bond acceptors (Lipinski definition) is 5. The molecular weight excluding hydrogens is 282 g/mol. The average Bonchev–Trinajstić information content (AvgIpc) is 2.41. The Morgan fingerprint density at radius 2 is 2.23 bits per heavy atom. The number of nitrogens with two attached hydrogens (primary N) is 1. The van der Waals surface area contributed by atoms with Crippen LogP contribution in [0.1, 0.15) is 23.7 Å². The Labute approximate surface area is 129 Å². The lowest BCUT2D eigenvalue weighted by molar-refractivity contribution is 0.0526. The van der Waals surface area contributed by atoms with Gasteiger partial charge in [-0.2, -0.15) is 0 Å². The fourth-order valence-electron chi connectivity index (χ4n) is 2.45. The zero-order chi connectivity index (χ0) is 15.5. The molecule has 2 aliphatic heterocycles. The van der Waals surface area contributed by atoms with Gasteiger partial charge in [0, 0.05) is 32.4 Å². The number of guanidine groups is 1. The van der Waals surface area contributed by atoms with Gasteiger partial charge in [0.1, 0.15) is 5.82 Å². The molecule has 1 aromatic heterocycles. The van der Waals surface area contributed by atoms with E-state index >= 15 is 0 Å². The minimum Gasteiger partial charge on any atom is -0.462 e. The Morgan fingerprint density at radius 3 is 2.77 bits per heavy atom. The van der Waals surface area contributed by atoms with Crippen LogP contribution in [-0.4, -0.2) is 60.6 Å². The van der Waals surface area contributed by atoms with E-state index in [-0.39, 0.29) is 12.0 Å². The SMILES string of the molecule is CCOC(=O)c1ccc(N2CC(N=C(N)N3CCC3)C2)nc1. The smallest absolute Gasteiger partial charge is 0.339 e. The maximum absolute atomic E-state index is 11.6. The highest BCUT2D eigenvalue weighted by Gasteiger charge is 2.29. The molecule has 2 saturated heterocycles. The number of carbonyl (C=O) groups is 1. The van der Waals surface area contributed by atoms with Gasteiger partial charge in [0.2, 0.25) is 0 Å².